The molecule has 0 bridgehead atoms. The SMILES string of the molecule is COc1ccc(C[C@H](N)C2CC2)cc1OC. The highest BCUT2D eigenvalue weighted by molar-refractivity contribution is 5.43. The van der Waals surface area contributed by atoms with E-state index in [1.807, 2.05) is 12.1 Å². The van der Waals surface area contributed by atoms with Crippen molar-refractivity contribution < 1.29 is 9.47 Å². The van der Waals surface area contributed by atoms with Gasteiger partial charge in [-0.1, -0.05) is 6.07 Å². The van der Waals surface area contributed by atoms with Crippen LogP contribution in [0.25, 0.3) is 0 Å². The van der Waals surface area contributed by atoms with Crippen LogP contribution in [0, 0.1) is 5.92 Å². The van der Waals surface area contributed by atoms with Gasteiger partial charge in [0.25, 0.3) is 0 Å². The molecule has 0 aliphatic heterocycles. The molecule has 0 radical (unpaired) electrons. The molecule has 88 valence electrons. The number of rotatable bonds is 5. The van der Waals surface area contributed by atoms with Crippen LogP contribution in [0.2, 0.25) is 0 Å². The Morgan fingerprint density at radius 1 is 1.25 bits per heavy atom. The molecular formula is C13H19NO2. The van der Waals surface area contributed by atoms with Crippen molar-refractivity contribution in [2.45, 2.75) is 25.3 Å². The lowest BCUT2D eigenvalue weighted by atomic mass is 10.0. The second-order valence-corrected chi connectivity index (χ2v) is 4.39. The lowest BCUT2D eigenvalue weighted by molar-refractivity contribution is 0.354. The summed E-state index contributed by atoms with van der Waals surface area (Å²) in [6.07, 6.45) is 3.49. The summed E-state index contributed by atoms with van der Waals surface area (Å²) in [5, 5.41) is 0. The fourth-order valence-electron chi connectivity index (χ4n) is 1.97. The first-order valence-corrected chi connectivity index (χ1v) is 5.71. The van der Waals surface area contributed by atoms with Gasteiger partial charge in [-0.05, 0) is 42.9 Å². The number of hydrogen-bond acceptors (Lipinski definition) is 3. The number of benzene rings is 1. The van der Waals surface area contributed by atoms with Crippen molar-refractivity contribution in [2.75, 3.05) is 14.2 Å². The maximum absolute atomic E-state index is 6.10. The van der Waals surface area contributed by atoms with E-state index < -0.39 is 0 Å². The van der Waals surface area contributed by atoms with E-state index in [1.54, 1.807) is 14.2 Å². The molecule has 1 aromatic carbocycles. The van der Waals surface area contributed by atoms with Crippen LogP contribution in [-0.4, -0.2) is 20.3 Å². The van der Waals surface area contributed by atoms with Crippen molar-refractivity contribution >= 4 is 0 Å². The monoisotopic (exact) mass is 221 g/mol. The molecule has 0 spiro atoms. The minimum absolute atomic E-state index is 0.290. The molecular weight excluding hydrogens is 202 g/mol. The molecule has 0 saturated heterocycles. The van der Waals surface area contributed by atoms with Gasteiger partial charge in [0.15, 0.2) is 11.5 Å². The van der Waals surface area contributed by atoms with Crippen LogP contribution < -0.4 is 15.2 Å². The Morgan fingerprint density at radius 3 is 2.50 bits per heavy atom. The largest absolute Gasteiger partial charge is 0.493 e. The minimum Gasteiger partial charge on any atom is -0.493 e. The van der Waals surface area contributed by atoms with Gasteiger partial charge in [0.1, 0.15) is 0 Å². The molecule has 1 aromatic rings. The van der Waals surface area contributed by atoms with Gasteiger partial charge >= 0.3 is 0 Å². The van der Waals surface area contributed by atoms with Crippen molar-refractivity contribution in [3.63, 3.8) is 0 Å². The standard InChI is InChI=1S/C13H19NO2/c1-15-12-6-3-9(8-13(12)16-2)7-11(14)10-4-5-10/h3,6,8,10-11H,4-5,7,14H2,1-2H3/t11-/m0/s1. The third-order valence-corrected chi connectivity index (χ3v) is 3.15. The summed E-state index contributed by atoms with van der Waals surface area (Å²) in [7, 11) is 3.30. The number of ether oxygens (including phenoxy) is 2. The Kier molecular flexibility index (Phi) is 3.34. The first kappa shape index (κ1) is 11.3. The fourth-order valence-corrected chi connectivity index (χ4v) is 1.97. The molecule has 16 heavy (non-hydrogen) atoms. The van der Waals surface area contributed by atoms with Crippen LogP contribution in [0.1, 0.15) is 18.4 Å². The van der Waals surface area contributed by atoms with Crippen LogP contribution in [0.4, 0.5) is 0 Å². The van der Waals surface area contributed by atoms with Crippen LogP contribution in [0.3, 0.4) is 0 Å². The third-order valence-electron chi connectivity index (χ3n) is 3.15. The lowest BCUT2D eigenvalue weighted by Gasteiger charge is -2.13. The van der Waals surface area contributed by atoms with Crippen molar-refractivity contribution in [3.05, 3.63) is 23.8 Å². The van der Waals surface area contributed by atoms with E-state index in [2.05, 4.69) is 6.07 Å². The van der Waals surface area contributed by atoms with E-state index in [0.29, 0.717) is 0 Å². The molecule has 2 rings (SSSR count). The highest BCUT2D eigenvalue weighted by atomic mass is 16.5. The number of hydrogen-bond donors (Lipinski definition) is 1. The third kappa shape index (κ3) is 2.47. The zero-order chi connectivity index (χ0) is 11.5. The molecule has 1 fully saturated rings. The summed E-state index contributed by atoms with van der Waals surface area (Å²) in [6, 6.07) is 6.30. The summed E-state index contributed by atoms with van der Waals surface area (Å²) in [5.41, 5.74) is 7.32. The second-order valence-electron chi connectivity index (χ2n) is 4.39. The molecule has 1 atom stereocenters. The molecule has 0 aromatic heterocycles. The predicted molar refractivity (Wildman–Crippen MR) is 63.9 cm³/mol. The molecule has 0 unspecified atom stereocenters. The topological polar surface area (TPSA) is 44.5 Å². The highest BCUT2D eigenvalue weighted by Crippen LogP contribution is 2.34. The van der Waals surface area contributed by atoms with Gasteiger partial charge in [0, 0.05) is 6.04 Å². The maximum Gasteiger partial charge on any atom is 0.160 e. The number of nitrogens with two attached hydrogens (primary N) is 1. The average Bonchev–Trinajstić information content (AvgIpc) is 3.12. The molecule has 3 heteroatoms. The van der Waals surface area contributed by atoms with Gasteiger partial charge in [-0.2, -0.15) is 0 Å². The van der Waals surface area contributed by atoms with Crippen LogP contribution >= 0.6 is 0 Å². The average molecular weight is 221 g/mol. The van der Waals surface area contributed by atoms with E-state index in [1.165, 1.54) is 18.4 Å². The van der Waals surface area contributed by atoms with Gasteiger partial charge in [-0.25, -0.2) is 0 Å². The Labute approximate surface area is 96.5 Å². The Balaban J connectivity index is 2.08. The number of methoxy groups -OCH3 is 2. The van der Waals surface area contributed by atoms with Crippen LogP contribution in [0.15, 0.2) is 18.2 Å². The van der Waals surface area contributed by atoms with Crippen LogP contribution in [0.5, 0.6) is 11.5 Å². The molecule has 1 aliphatic rings. The van der Waals surface area contributed by atoms with E-state index in [9.17, 15) is 0 Å². The Morgan fingerprint density at radius 2 is 1.94 bits per heavy atom. The van der Waals surface area contributed by atoms with Crippen molar-refractivity contribution in [1.82, 2.24) is 0 Å². The van der Waals surface area contributed by atoms with Crippen molar-refractivity contribution in [3.8, 4) is 11.5 Å². The van der Waals surface area contributed by atoms with Gasteiger partial charge in [0.05, 0.1) is 14.2 Å². The molecule has 0 amide bonds. The van der Waals surface area contributed by atoms with E-state index >= 15 is 0 Å². The molecule has 3 nitrogen and oxygen atoms in total. The molecule has 0 heterocycles. The summed E-state index contributed by atoms with van der Waals surface area (Å²) in [4.78, 5) is 0. The molecule has 1 aliphatic carbocycles. The van der Waals surface area contributed by atoms with Crippen molar-refractivity contribution in [2.24, 2.45) is 11.7 Å². The summed E-state index contributed by atoms with van der Waals surface area (Å²) < 4.78 is 10.5. The van der Waals surface area contributed by atoms with Gasteiger partial charge < -0.3 is 15.2 Å². The van der Waals surface area contributed by atoms with Gasteiger partial charge in [-0.15, -0.1) is 0 Å². The first-order chi connectivity index (χ1) is 7.74. The minimum atomic E-state index is 0.290. The maximum atomic E-state index is 6.10. The van der Waals surface area contributed by atoms with Crippen LogP contribution in [-0.2, 0) is 6.42 Å². The van der Waals surface area contributed by atoms with E-state index in [-0.39, 0.29) is 6.04 Å². The predicted octanol–water partition coefficient (Wildman–Crippen LogP) is 1.98. The highest BCUT2D eigenvalue weighted by Gasteiger charge is 2.28. The van der Waals surface area contributed by atoms with E-state index in [4.69, 9.17) is 15.2 Å². The quantitative estimate of drug-likeness (QED) is 0.827. The Bertz CT molecular complexity index is 361. The lowest BCUT2D eigenvalue weighted by Crippen LogP contribution is -2.24. The fraction of sp³-hybridized carbons (Fsp3) is 0.538. The first-order valence-electron chi connectivity index (χ1n) is 5.71. The molecule has 1 saturated carbocycles. The summed E-state index contributed by atoms with van der Waals surface area (Å²) in [6.45, 7) is 0. The van der Waals surface area contributed by atoms with E-state index in [0.717, 1.165) is 23.8 Å². The smallest absolute Gasteiger partial charge is 0.160 e. The Hall–Kier alpha value is -1.22. The second kappa shape index (κ2) is 4.74. The normalized spacial score (nSPS) is 16.9. The summed E-state index contributed by atoms with van der Waals surface area (Å²) in [5.74, 6) is 2.28. The van der Waals surface area contributed by atoms with Gasteiger partial charge in [0.2, 0.25) is 0 Å². The zero-order valence-electron chi connectivity index (χ0n) is 9.90. The van der Waals surface area contributed by atoms with Gasteiger partial charge in [-0.3, -0.25) is 0 Å². The zero-order valence-corrected chi connectivity index (χ0v) is 9.90. The summed E-state index contributed by atoms with van der Waals surface area (Å²) >= 11 is 0. The van der Waals surface area contributed by atoms with Crippen molar-refractivity contribution in [1.29, 1.82) is 0 Å². The molecule has 2 N–H and O–H groups in total.